The van der Waals surface area contributed by atoms with Gasteiger partial charge in [-0.15, -0.1) is 0 Å². The van der Waals surface area contributed by atoms with Crippen LogP contribution < -0.4 is 5.56 Å². The van der Waals surface area contributed by atoms with Crippen LogP contribution in [0.1, 0.15) is 0 Å². The maximum atomic E-state index is 12.3. The smallest absolute Gasteiger partial charge is 0.277 e. The van der Waals surface area contributed by atoms with Gasteiger partial charge < -0.3 is 9.55 Å². The molecule has 0 aliphatic rings. The van der Waals surface area contributed by atoms with Crippen LogP contribution in [0, 0.1) is 0 Å². The molecule has 0 spiro atoms. The van der Waals surface area contributed by atoms with Crippen molar-refractivity contribution < 1.29 is 0 Å². The maximum Gasteiger partial charge on any atom is 0.277 e. The van der Waals surface area contributed by atoms with Gasteiger partial charge in [-0.3, -0.25) is 9.36 Å². The standard InChI is InChI=1S/C16H14N4O/c21-16-15-13(5-7-17-15)18-11-20(16)10-9-19-8-6-12-3-1-2-4-14(12)19/h1-8,11,17H,9-10H2. The number of rotatable bonds is 3. The van der Waals surface area contributed by atoms with E-state index in [-0.39, 0.29) is 5.56 Å². The summed E-state index contributed by atoms with van der Waals surface area (Å²) in [6.07, 6.45) is 5.41. The fraction of sp³-hybridized carbons (Fsp3) is 0.125. The van der Waals surface area contributed by atoms with Crippen molar-refractivity contribution in [1.29, 1.82) is 0 Å². The Balaban J connectivity index is 1.66. The lowest BCUT2D eigenvalue weighted by Crippen LogP contribution is -2.22. The van der Waals surface area contributed by atoms with Crippen molar-refractivity contribution in [2.24, 2.45) is 0 Å². The van der Waals surface area contributed by atoms with Gasteiger partial charge in [0.05, 0.1) is 11.8 Å². The summed E-state index contributed by atoms with van der Waals surface area (Å²) in [6.45, 7) is 1.33. The molecule has 0 radical (unpaired) electrons. The summed E-state index contributed by atoms with van der Waals surface area (Å²) < 4.78 is 3.80. The molecule has 0 saturated heterocycles. The van der Waals surface area contributed by atoms with E-state index in [1.165, 1.54) is 10.9 Å². The van der Waals surface area contributed by atoms with Gasteiger partial charge in [0.25, 0.3) is 5.56 Å². The van der Waals surface area contributed by atoms with Gasteiger partial charge >= 0.3 is 0 Å². The lowest BCUT2D eigenvalue weighted by molar-refractivity contribution is 0.573. The van der Waals surface area contributed by atoms with Crippen LogP contribution in [0.5, 0.6) is 0 Å². The molecule has 104 valence electrons. The number of aromatic amines is 1. The molecule has 4 aromatic rings. The van der Waals surface area contributed by atoms with Crippen LogP contribution in [-0.2, 0) is 13.1 Å². The number of fused-ring (bicyclic) bond motifs is 2. The van der Waals surface area contributed by atoms with Gasteiger partial charge in [-0.05, 0) is 23.6 Å². The second kappa shape index (κ2) is 4.63. The Morgan fingerprint density at radius 3 is 2.86 bits per heavy atom. The minimum Gasteiger partial charge on any atom is -0.355 e. The van der Waals surface area contributed by atoms with Crippen LogP contribution in [-0.4, -0.2) is 19.1 Å². The Kier molecular flexibility index (Phi) is 2.64. The van der Waals surface area contributed by atoms with Crippen molar-refractivity contribution in [2.45, 2.75) is 13.1 Å². The van der Waals surface area contributed by atoms with Crippen LogP contribution >= 0.6 is 0 Å². The summed E-state index contributed by atoms with van der Waals surface area (Å²) in [6, 6.07) is 12.1. The number of H-pyrrole nitrogens is 1. The number of hydrogen-bond acceptors (Lipinski definition) is 2. The lowest BCUT2D eigenvalue weighted by Gasteiger charge is -2.07. The van der Waals surface area contributed by atoms with E-state index in [9.17, 15) is 4.79 Å². The van der Waals surface area contributed by atoms with E-state index in [0.717, 1.165) is 6.54 Å². The Bertz CT molecular complexity index is 976. The predicted octanol–water partition coefficient (Wildman–Crippen LogP) is 2.38. The van der Waals surface area contributed by atoms with Crippen molar-refractivity contribution in [2.75, 3.05) is 0 Å². The van der Waals surface area contributed by atoms with E-state index in [1.54, 1.807) is 23.2 Å². The van der Waals surface area contributed by atoms with Crippen LogP contribution in [0.25, 0.3) is 21.9 Å². The van der Waals surface area contributed by atoms with Crippen LogP contribution in [0.3, 0.4) is 0 Å². The number of nitrogens with zero attached hydrogens (tertiary/aromatic N) is 3. The summed E-state index contributed by atoms with van der Waals surface area (Å²) in [5, 5.41) is 1.21. The first kappa shape index (κ1) is 12.0. The number of hydrogen-bond donors (Lipinski definition) is 1. The molecule has 4 rings (SSSR count). The molecule has 5 heteroatoms. The summed E-state index contributed by atoms with van der Waals surface area (Å²) in [4.78, 5) is 19.5. The van der Waals surface area contributed by atoms with Gasteiger partial charge in [-0.1, -0.05) is 18.2 Å². The van der Waals surface area contributed by atoms with E-state index < -0.39 is 0 Å². The summed E-state index contributed by atoms with van der Waals surface area (Å²) >= 11 is 0. The Hall–Kier alpha value is -2.82. The normalized spacial score (nSPS) is 11.4. The Labute approximate surface area is 120 Å². The molecular formula is C16H14N4O. The number of nitrogens with one attached hydrogen (secondary N) is 1. The molecule has 0 bridgehead atoms. The molecule has 0 amide bonds. The molecule has 0 atom stereocenters. The Morgan fingerprint density at radius 2 is 1.90 bits per heavy atom. The number of para-hydroxylation sites is 1. The van der Waals surface area contributed by atoms with E-state index in [0.29, 0.717) is 17.6 Å². The highest BCUT2D eigenvalue weighted by Crippen LogP contribution is 2.14. The maximum absolute atomic E-state index is 12.3. The summed E-state index contributed by atoms with van der Waals surface area (Å²) in [7, 11) is 0. The van der Waals surface area contributed by atoms with Crippen LogP contribution in [0.2, 0.25) is 0 Å². The van der Waals surface area contributed by atoms with Gasteiger partial charge in [0.1, 0.15) is 5.52 Å². The van der Waals surface area contributed by atoms with Crippen LogP contribution in [0.4, 0.5) is 0 Å². The predicted molar refractivity (Wildman–Crippen MR) is 82.3 cm³/mol. The molecule has 0 aliphatic heterocycles. The first-order valence-electron chi connectivity index (χ1n) is 6.89. The first-order valence-corrected chi connectivity index (χ1v) is 6.89. The third kappa shape index (κ3) is 1.94. The Morgan fingerprint density at radius 1 is 1.05 bits per heavy atom. The van der Waals surface area contributed by atoms with E-state index in [4.69, 9.17) is 0 Å². The zero-order valence-electron chi connectivity index (χ0n) is 11.4. The number of aromatic nitrogens is 4. The molecule has 0 unspecified atom stereocenters. The quantitative estimate of drug-likeness (QED) is 0.625. The van der Waals surface area contributed by atoms with E-state index >= 15 is 0 Å². The third-order valence-corrected chi connectivity index (χ3v) is 3.80. The van der Waals surface area contributed by atoms with Gasteiger partial charge in [-0.2, -0.15) is 0 Å². The van der Waals surface area contributed by atoms with Crippen molar-refractivity contribution >= 4 is 21.9 Å². The minimum atomic E-state index is -0.0264. The van der Waals surface area contributed by atoms with Crippen molar-refractivity contribution in [3.05, 3.63) is 65.5 Å². The SMILES string of the molecule is O=c1c2[nH]ccc2ncn1CCn1ccc2ccccc21. The van der Waals surface area contributed by atoms with Gasteiger partial charge in [0.15, 0.2) is 0 Å². The molecule has 1 N–H and O–H groups in total. The molecule has 5 nitrogen and oxygen atoms in total. The molecule has 0 saturated carbocycles. The molecule has 1 aromatic carbocycles. The number of aryl methyl sites for hydroxylation is 2. The zero-order valence-corrected chi connectivity index (χ0v) is 11.4. The molecule has 3 aromatic heterocycles. The van der Waals surface area contributed by atoms with Gasteiger partial charge in [0, 0.05) is 31.0 Å². The second-order valence-electron chi connectivity index (χ2n) is 5.05. The second-order valence-corrected chi connectivity index (χ2v) is 5.05. The highest BCUT2D eigenvalue weighted by atomic mass is 16.1. The summed E-state index contributed by atoms with van der Waals surface area (Å²) in [5.74, 6) is 0. The van der Waals surface area contributed by atoms with E-state index in [2.05, 4.69) is 38.9 Å². The average Bonchev–Trinajstić information content (AvgIpc) is 3.13. The topological polar surface area (TPSA) is 55.6 Å². The fourth-order valence-corrected chi connectivity index (χ4v) is 2.68. The van der Waals surface area contributed by atoms with Crippen molar-refractivity contribution in [3.63, 3.8) is 0 Å². The lowest BCUT2D eigenvalue weighted by atomic mass is 10.2. The van der Waals surface area contributed by atoms with Gasteiger partial charge in [-0.25, -0.2) is 4.98 Å². The number of benzene rings is 1. The largest absolute Gasteiger partial charge is 0.355 e. The van der Waals surface area contributed by atoms with Crippen LogP contribution in [0.15, 0.2) is 59.9 Å². The highest BCUT2D eigenvalue weighted by Gasteiger charge is 2.05. The first-order chi connectivity index (χ1) is 10.3. The molecule has 0 aliphatic carbocycles. The fourth-order valence-electron chi connectivity index (χ4n) is 2.68. The van der Waals surface area contributed by atoms with Crippen molar-refractivity contribution in [3.8, 4) is 0 Å². The zero-order chi connectivity index (χ0) is 14.2. The molecule has 3 heterocycles. The molecule has 0 fully saturated rings. The molecular weight excluding hydrogens is 264 g/mol. The average molecular weight is 278 g/mol. The summed E-state index contributed by atoms with van der Waals surface area (Å²) in [5.41, 5.74) is 2.43. The minimum absolute atomic E-state index is 0.0264. The highest BCUT2D eigenvalue weighted by molar-refractivity contribution is 5.79. The van der Waals surface area contributed by atoms with Crippen molar-refractivity contribution in [1.82, 2.24) is 19.1 Å². The monoisotopic (exact) mass is 278 g/mol. The van der Waals surface area contributed by atoms with Gasteiger partial charge in [0.2, 0.25) is 0 Å². The van der Waals surface area contributed by atoms with E-state index in [1.807, 2.05) is 12.1 Å². The third-order valence-electron chi connectivity index (χ3n) is 3.80. The molecule has 21 heavy (non-hydrogen) atoms.